The summed E-state index contributed by atoms with van der Waals surface area (Å²) in [6.07, 6.45) is 2.73. The Bertz CT molecular complexity index is 1740. The Kier molecular flexibility index (Phi) is 7.71. The molecule has 1 fully saturated rings. The summed E-state index contributed by atoms with van der Waals surface area (Å²) >= 11 is 6.44. The number of nitrogens with zero attached hydrogens (tertiary/aromatic N) is 4. The third-order valence-electron chi connectivity index (χ3n) is 7.14. The number of halogens is 2. The van der Waals surface area contributed by atoms with E-state index in [2.05, 4.69) is 15.4 Å². The van der Waals surface area contributed by atoms with Gasteiger partial charge in [0.1, 0.15) is 22.6 Å². The zero-order valence-electron chi connectivity index (χ0n) is 22.4. The van der Waals surface area contributed by atoms with E-state index in [1.54, 1.807) is 41.3 Å². The minimum Gasteiger partial charge on any atom is -0.338 e. The Hall–Kier alpha value is -4.03. The van der Waals surface area contributed by atoms with Crippen LogP contribution in [0.15, 0.2) is 60.9 Å². The topological polar surface area (TPSA) is 126 Å². The van der Waals surface area contributed by atoms with Crippen LogP contribution in [-0.4, -0.2) is 58.6 Å². The summed E-state index contributed by atoms with van der Waals surface area (Å²) in [5.41, 5.74) is 0.478. The molecule has 0 unspecified atom stereocenters. The third-order valence-corrected chi connectivity index (χ3v) is 8.73. The number of hydrogen-bond donors (Lipinski definition) is 2. The quantitative estimate of drug-likeness (QED) is 0.318. The molecule has 0 spiro atoms. The predicted molar refractivity (Wildman–Crippen MR) is 154 cm³/mol. The molecule has 0 bridgehead atoms. The van der Waals surface area contributed by atoms with Crippen LogP contribution in [0.25, 0.3) is 5.65 Å². The molecular formula is C28H28ClFN6O4S. The summed E-state index contributed by atoms with van der Waals surface area (Å²) < 4.78 is 43.0. The number of amides is 2. The Balaban J connectivity index is 1.52. The zero-order valence-corrected chi connectivity index (χ0v) is 24.0. The summed E-state index contributed by atoms with van der Waals surface area (Å²) in [7, 11) is -3.84. The number of carbonyl (C=O) groups is 2. The van der Waals surface area contributed by atoms with Gasteiger partial charge in [-0.2, -0.15) is 9.61 Å². The number of aryl methyl sites for hydroxylation is 1. The Morgan fingerprint density at radius 1 is 1.07 bits per heavy atom. The summed E-state index contributed by atoms with van der Waals surface area (Å²) in [6.45, 7) is 3.63. The highest BCUT2D eigenvalue weighted by molar-refractivity contribution is 7.90. The lowest BCUT2D eigenvalue weighted by molar-refractivity contribution is 0.0421. The molecule has 10 nitrogen and oxygen atoms in total. The van der Waals surface area contributed by atoms with E-state index in [9.17, 15) is 18.0 Å². The van der Waals surface area contributed by atoms with Crippen molar-refractivity contribution in [3.05, 3.63) is 88.2 Å². The van der Waals surface area contributed by atoms with Crippen LogP contribution in [0.5, 0.6) is 0 Å². The zero-order chi connectivity index (χ0) is 29.4. The molecule has 2 N–H and O–H groups in total. The second kappa shape index (κ2) is 11.1. The maximum atomic E-state index is 15.8. The first-order valence-corrected chi connectivity index (χ1v) is 15.0. The molecule has 2 amide bonds. The predicted octanol–water partition coefficient (Wildman–Crippen LogP) is 4.62. The van der Waals surface area contributed by atoms with Gasteiger partial charge in [0.05, 0.1) is 22.7 Å². The number of piperidine rings is 1. The molecule has 1 aliphatic heterocycles. The van der Waals surface area contributed by atoms with Crippen LogP contribution in [-0.2, 0) is 15.7 Å². The number of alkyl halides is 1. The van der Waals surface area contributed by atoms with E-state index in [1.165, 1.54) is 23.8 Å². The van der Waals surface area contributed by atoms with E-state index < -0.39 is 27.5 Å². The number of rotatable bonds is 7. The summed E-state index contributed by atoms with van der Waals surface area (Å²) in [5.74, 6) is -1.42. The lowest BCUT2D eigenvalue weighted by Gasteiger charge is -2.37. The fourth-order valence-corrected chi connectivity index (χ4v) is 5.46. The van der Waals surface area contributed by atoms with Crippen LogP contribution in [0.4, 0.5) is 15.9 Å². The standard InChI is InChI=1S/C28H28ClFN6O4S/c1-3-41(39,40)34-26(37)20-17-32-36-24(20)31-16-21(25(36)33-23-15-18(2)9-10-22(23)29)27(38)35-13-11-28(30,12-14-35)19-7-5-4-6-8-19/h4-10,15-17,33H,3,11-14H2,1-2H3,(H,34,37). The van der Waals surface area contributed by atoms with Gasteiger partial charge in [-0.15, -0.1) is 0 Å². The van der Waals surface area contributed by atoms with Crippen LogP contribution < -0.4 is 10.0 Å². The molecule has 3 heterocycles. The molecule has 1 aliphatic rings. The van der Waals surface area contributed by atoms with Gasteiger partial charge in [-0.25, -0.2) is 22.5 Å². The number of nitrogens with one attached hydrogen (secondary N) is 2. The number of benzene rings is 2. The van der Waals surface area contributed by atoms with E-state index in [0.29, 0.717) is 16.3 Å². The summed E-state index contributed by atoms with van der Waals surface area (Å²) in [4.78, 5) is 32.4. The van der Waals surface area contributed by atoms with Crippen LogP contribution in [0.3, 0.4) is 0 Å². The maximum absolute atomic E-state index is 15.8. The lowest BCUT2D eigenvalue weighted by atomic mass is 9.86. The molecule has 13 heteroatoms. The minimum atomic E-state index is -3.84. The van der Waals surface area contributed by atoms with Crippen molar-refractivity contribution in [1.82, 2.24) is 24.2 Å². The normalized spacial score (nSPS) is 15.1. The molecule has 0 atom stereocenters. The third kappa shape index (κ3) is 5.75. The Labute approximate surface area is 241 Å². The fraction of sp³-hybridized carbons (Fsp3) is 0.286. The fourth-order valence-electron chi connectivity index (χ4n) is 4.76. The molecule has 1 saturated heterocycles. The summed E-state index contributed by atoms with van der Waals surface area (Å²) in [6, 6.07) is 14.2. The van der Waals surface area contributed by atoms with Crippen molar-refractivity contribution in [3.63, 3.8) is 0 Å². The smallest absolute Gasteiger partial charge is 0.270 e. The molecule has 0 radical (unpaired) electrons. The van der Waals surface area contributed by atoms with Crippen molar-refractivity contribution < 1.29 is 22.4 Å². The molecule has 4 aromatic rings. The van der Waals surface area contributed by atoms with Crippen molar-refractivity contribution in [2.75, 3.05) is 24.2 Å². The Morgan fingerprint density at radius 3 is 2.46 bits per heavy atom. The van der Waals surface area contributed by atoms with E-state index in [0.717, 1.165) is 5.56 Å². The van der Waals surface area contributed by atoms with Crippen LogP contribution >= 0.6 is 11.6 Å². The van der Waals surface area contributed by atoms with E-state index in [4.69, 9.17) is 11.6 Å². The molecule has 41 heavy (non-hydrogen) atoms. The number of likely N-dealkylation sites (tertiary alicyclic amines) is 1. The van der Waals surface area contributed by atoms with Crippen molar-refractivity contribution in [2.24, 2.45) is 0 Å². The van der Waals surface area contributed by atoms with Crippen molar-refractivity contribution in [1.29, 1.82) is 0 Å². The first kappa shape index (κ1) is 28.5. The van der Waals surface area contributed by atoms with Crippen LogP contribution in [0.1, 0.15) is 51.6 Å². The molecule has 2 aromatic heterocycles. The second-order valence-electron chi connectivity index (χ2n) is 9.88. The van der Waals surface area contributed by atoms with Gasteiger partial charge in [-0.1, -0.05) is 48.0 Å². The molecule has 5 rings (SSSR count). The highest BCUT2D eigenvalue weighted by atomic mass is 35.5. The van der Waals surface area contributed by atoms with Gasteiger partial charge in [0.25, 0.3) is 11.8 Å². The number of aromatic nitrogens is 3. The first-order valence-electron chi connectivity index (χ1n) is 13.0. The number of hydrogen-bond acceptors (Lipinski definition) is 7. The van der Waals surface area contributed by atoms with Gasteiger partial charge < -0.3 is 10.2 Å². The average Bonchev–Trinajstić information content (AvgIpc) is 3.40. The Morgan fingerprint density at radius 2 is 1.78 bits per heavy atom. The molecule has 214 valence electrons. The van der Waals surface area contributed by atoms with Crippen molar-refractivity contribution in [2.45, 2.75) is 32.4 Å². The first-order chi connectivity index (χ1) is 19.5. The molecule has 0 saturated carbocycles. The van der Waals surface area contributed by atoms with Gasteiger partial charge >= 0.3 is 0 Å². The maximum Gasteiger partial charge on any atom is 0.270 e. The monoisotopic (exact) mass is 598 g/mol. The van der Waals surface area contributed by atoms with Gasteiger partial charge in [-0.05, 0) is 37.1 Å². The molecular weight excluding hydrogens is 571 g/mol. The van der Waals surface area contributed by atoms with E-state index in [1.807, 2.05) is 23.8 Å². The number of anilines is 2. The summed E-state index contributed by atoms with van der Waals surface area (Å²) in [5, 5.41) is 7.79. The molecule has 2 aromatic carbocycles. The average molecular weight is 599 g/mol. The SMILES string of the molecule is CCS(=O)(=O)NC(=O)c1cnn2c(Nc3cc(C)ccc3Cl)c(C(=O)N3CCC(F)(c4ccccc4)CC3)cnc12. The number of fused-ring (bicyclic) bond motifs is 1. The minimum absolute atomic E-state index is 0.0297. The van der Waals surface area contributed by atoms with E-state index in [-0.39, 0.29) is 54.3 Å². The second-order valence-corrected chi connectivity index (χ2v) is 12.3. The number of sulfonamides is 1. The van der Waals surface area contributed by atoms with Gasteiger partial charge in [0.15, 0.2) is 5.65 Å². The van der Waals surface area contributed by atoms with Crippen molar-refractivity contribution in [3.8, 4) is 0 Å². The number of carbonyl (C=O) groups excluding carboxylic acids is 2. The molecule has 0 aliphatic carbocycles. The van der Waals surface area contributed by atoms with Crippen LogP contribution in [0, 0.1) is 6.92 Å². The van der Waals surface area contributed by atoms with Crippen LogP contribution in [0.2, 0.25) is 5.02 Å². The van der Waals surface area contributed by atoms with Gasteiger partial charge in [-0.3, -0.25) is 9.59 Å². The van der Waals surface area contributed by atoms with Crippen molar-refractivity contribution >= 4 is 50.6 Å². The lowest BCUT2D eigenvalue weighted by Crippen LogP contribution is -2.43. The highest BCUT2D eigenvalue weighted by Gasteiger charge is 2.38. The largest absolute Gasteiger partial charge is 0.338 e. The highest BCUT2D eigenvalue weighted by Crippen LogP contribution is 2.38. The van der Waals surface area contributed by atoms with Gasteiger partial charge in [0.2, 0.25) is 10.0 Å². The van der Waals surface area contributed by atoms with Gasteiger partial charge in [0, 0.05) is 32.1 Å². The van der Waals surface area contributed by atoms with E-state index >= 15 is 4.39 Å².